The van der Waals surface area contributed by atoms with Crippen LogP contribution in [0.2, 0.25) is 5.02 Å². The van der Waals surface area contributed by atoms with Crippen LogP contribution in [0.5, 0.6) is 5.75 Å². The number of anilines is 1. The van der Waals surface area contributed by atoms with Crippen molar-refractivity contribution in [3.05, 3.63) is 22.7 Å². The lowest BCUT2D eigenvalue weighted by molar-refractivity contribution is 0.0933. The van der Waals surface area contributed by atoms with Gasteiger partial charge in [0.2, 0.25) is 0 Å². The van der Waals surface area contributed by atoms with Gasteiger partial charge in [0.25, 0.3) is 5.91 Å². The lowest BCUT2D eigenvalue weighted by atomic mass is 9.96. The molecular weight excluding hydrogens is 416 g/mol. The van der Waals surface area contributed by atoms with Gasteiger partial charge in [-0.1, -0.05) is 18.0 Å². The lowest BCUT2D eigenvalue weighted by Crippen LogP contribution is -2.45. The van der Waals surface area contributed by atoms with Crippen molar-refractivity contribution >= 4 is 23.2 Å². The van der Waals surface area contributed by atoms with E-state index in [0.29, 0.717) is 34.5 Å². The highest BCUT2D eigenvalue weighted by Gasteiger charge is 2.21. The van der Waals surface area contributed by atoms with Gasteiger partial charge in [0, 0.05) is 25.7 Å². The van der Waals surface area contributed by atoms with E-state index in [9.17, 15) is 4.79 Å². The predicted molar refractivity (Wildman–Crippen MR) is 126 cm³/mol. The number of halogens is 1. The van der Waals surface area contributed by atoms with Gasteiger partial charge in [-0.3, -0.25) is 20.7 Å². The quantitative estimate of drug-likeness (QED) is 0.256. The molecule has 1 aromatic rings. The van der Waals surface area contributed by atoms with Crippen molar-refractivity contribution in [2.75, 3.05) is 58.7 Å². The van der Waals surface area contributed by atoms with Crippen LogP contribution >= 0.6 is 11.6 Å². The van der Waals surface area contributed by atoms with Crippen LogP contribution in [0.1, 0.15) is 42.5 Å². The number of benzene rings is 1. The summed E-state index contributed by atoms with van der Waals surface area (Å²) in [7, 11) is 1.52. The summed E-state index contributed by atoms with van der Waals surface area (Å²) in [5.74, 6) is 0.782. The summed E-state index contributed by atoms with van der Waals surface area (Å²) in [6.07, 6.45) is 6.22. The second-order valence-electron chi connectivity index (χ2n) is 8.43. The molecule has 2 fully saturated rings. The average Bonchev–Trinajstić information content (AvgIpc) is 3.30. The fourth-order valence-electron chi connectivity index (χ4n) is 4.19. The van der Waals surface area contributed by atoms with Crippen LogP contribution < -0.4 is 31.7 Å². The Labute approximate surface area is 190 Å². The first-order valence-electron chi connectivity index (χ1n) is 11.4. The SMILES string of the molecule is COc1cc(N)c(Cl)cc1C(=O)NCC1CCN(CCCCCNC2NCCN2)CC1. The summed E-state index contributed by atoms with van der Waals surface area (Å²) in [4.78, 5) is 15.1. The van der Waals surface area contributed by atoms with Gasteiger partial charge in [-0.25, -0.2) is 0 Å². The van der Waals surface area contributed by atoms with Gasteiger partial charge in [-0.2, -0.15) is 0 Å². The maximum Gasteiger partial charge on any atom is 0.255 e. The number of unbranched alkanes of at least 4 members (excludes halogenated alkanes) is 2. The molecule has 0 aliphatic carbocycles. The number of carbonyl (C=O) groups is 1. The van der Waals surface area contributed by atoms with Crippen molar-refractivity contribution in [1.82, 2.24) is 26.2 Å². The normalized spacial score (nSPS) is 18.4. The van der Waals surface area contributed by atoms with E-state index in [1.807, 2.05) is 0 Å². The molecule has 8 nitrogen and oxygen atoms in total. The Balaban J connectivity index is 1.28. The first-order valence-corrected chi connectivity index (χ1v) is 11.8. The molecule has 0 aromatic heterocycles. The molecule has 0 atom stereocenters. The zero-order valence-corrected chi connectivity index (χ0v) is 19.3. The van der Waals surface area contributed by atoms with Crippen LogP contribution in [-0.4, -0.2) is 70.0 Å². The maximum absolute atomic E-state index is 12.6. The fourth-order valence-corrected chi connectivity index (χ4v) is 4.36. The van der Waals surface area contributed by atoms with Crippen LogP contribution in [0.25, 0.3) is 0 Å². The smallest absolute Gasteiger partial charge is 0.255 e. The zero-order chi connectivity index (χ0) is 22.1. The summed E-state index contributed by atoms with van der Waals surface area (Å²) in [5, 5.41) is 13.6. The Bertz CT molecular complexity index is 705. The molecule has 1 amide bonds. The van der Waals surface area contributed by atoms with Crippen molar-refractivity contribution in [1.29, 1.82) is 0 Å². The van der Waals surface area contributed by atoms with Crippen LogP contribution in [0.3, 0.4) is 0 Å². The van der Waals surface area contributed by atoms with E-state index in [1.54, 1.807) is 12.1 Å². The largest absolute Gasteiger partial charge is 0.496 e. The fraction of sp³-hybridized carbons (Fsp3) is 0.682. The van der Waals surface area contributed by atoms with Gasteiger partial charge in [-0.15, -0.1) is 0 Å². The van der Waals surface area contributed by atoms with E-state index in [0.717, 1.165) is 45.6 Å². The maximum atomic E-state index is 12.6. The predicted octanol–water partition coefficient (Wildman–Crippen LogP) is 1.61. The monoisotopic (exact) mass is 452 g/mol. The van der Waals surface area contributed by atoms with Gasteiger partial charge >= 0.3 is 0 Å². The van der Waals surface area contributed by atoms with E-state index < -0.39 is 0 Å². The highest BCUT2D eigenvalue weighted by atomic mass is 35.5. The van der Waals surface area contributed by atoms with Gasteiger partial charge in [0.15, 0.2) is 0 Å². The molecule has 2 heterocycles. The Morgan fingerprint density at radius 3 is 2.68 bits per heavy atom. The second-order valence-corrected chi connectivity index (χ2v) is 8.83. The number of hydrogen-bond donors (Lipinski definition) is 5. The molecule has 1 aromatic carbocycles. The summed E-state index contributed by atoms with van der Waals surface area (Å²) >= 11 is 6.08. The lowest BCUT2D eigenvalue weighted by Gasteiger charge is -2.32. The van der Waals surface area contributed by atoms with E-state index in [-0.39, 0.29) is 12.2 Å². The van der Waals surface area contributed by atoms with E-state index in [1.165, 1.54) is 32.9 Å². The number of nitrogens with one attached hydrogen (secondary N) is 4. The standard InChI is InChI=1S/C22H37ClN6O2/c1-31-20-14-19(24)18(23)13-17(20)21(30)28-15-16-5-11-29(12-6-16)10-4-2-3-7-25-22-26-8-9-27-22/h13-14,16,22,25-27H,2-12,15,24H2,1H3,(H,28,30). The Morgan fingerprint density at radius 1 is 1.23 bits per heavy atom. The molecule has 0 unspecified atom stereocenters. The van der Waals surface area contributed by atoms with Crippen LogP contribution in [0.15, 0.2) is 12.1 Å². The minimum atomic E-state index is -0.169. The van der Waals surface area contributed by atoms with Crippen molar-refractivity contribution in [3.63, 3.8) is 0 Å². The third-order valence-corrected chi connectivity index (χ3v) is 6.47. The number of rotatable bonds is 11. The van der Waals surface area contributed by atoms with E-state index in [4.69, 9.17) is 22.1 Å². The van der Waals surface area contributed by atoms with E-state index >= 15 is 0 Å². The van der Waals surface area contributed by atoms with Crippen LogP contribution in [0.4, 0.5) is 5.69 Å². The van der Waals surface area contributed by atoms with Crippen LogP contribution in [-0.2, 0) is 0 Å². The average molecular weight is 453 g/mol. The number of nitrogens with two attached hydrogens (primary N) is 1. The number of piperidine rings is 1. The Kier molecular flexibility index (Phi) is 9.67. The summed E-state index contributed by atoms with van der Waals surface area (Å²) in [6.45, 7) is 7.18. The Morgan fingerprint density at radius 2 is 1.97 bits per heavy atom. The number of ether oxygens (including phenoxy) is 1. The molecular formula is C22H37ClN6O2. The van der Waals surface area contributed by atoms with Crippen molar-refractivity contribution in [2.45, 2.75) is 38.4 Å². The first kappa shape index (κ1) is 24.1. The summed E-state index contributed by atoms with van der Waals surface area (Å²) in [6, 6.07) is 3.16. The highest BCUT2D eigenvalue weighted by molar-refractivity contribution is 6.33. The van der Waals surface area contributed by atoms with Gasteiger partial charge in [0.05, 0.1) is 23.4 Å². The molecule has 31 heavy (non-hydrogen) atoms. The minimum Gasteiger partial charge on any atom is -0.496 e. The molecule has 0 radical (unpaired) electrons. The highest BCUT2D eigenvalue weighted by Crippen LogP contribution is 2.29. The van der Waals surface area contributed by atoms with Gasteiger partial charge in [0.1, 0.15) is 12.0 Å². The van der Waals surface area contributed by atoms with Crippen molar-refractivity contribution in [2.24, 2.45) is 5.92 Å². The van der Waals surface area contributed by atoms with Gasteiger partial charge < -0.3 is 20.7 Å². The molecule has 0 bridgehead atoms. The molecule has 0 spiro atoms. The second kappa shape index (κ2) is 12.5. The third-order valence-electron chi connectivity index (χ3n) is 6.14. The molecule has 0 saturated carbocycles. The number of nitrogen functional groups attached to an aromatic ring is 1. The number of nitrogens with zero attached hydrogens (tertiary/aromatic N) is 1. The molecule has 9 heteroatoms. The molecule has 2 saturated heterocycles. The van der Waals surface area contributed by atoms with Crippen molar-refractivity contribution in [3.8, 4) is 5.75 Å². The van der Waals surface area contributed by atoms with Gasteiger partial charge in [-0.05, 0) is 63.8 Å². The molecule has 174 valence electrons. The first-order chi connectivity index (χ1) is 15.1. The van der Waals surface area contributed by atoms with E-state index in [2.05, 4.69) is 26.2 Å². The molecule has 2 aliphatic rings. The zero-order valence-electron chi connectivity index (χ0n) is 18.5. The third kappa shape index (κ3) is 7.50. The van der Waals surface area contributed by atoms with Crippen LogP contribution in [0, 0.1) is 5.92 Å². The number of carbonyl (C=O) groups excluding carboxylic acids is 1. The summed E-state index contributed by atoms with van der Waals surface area (Å²) in [5.41, 5.74) is 6.63. The Hall–Kier alpha value is -1.58. The number of amides is 1. The minimum absolute atomic E-state index is 0.169. The molecule has 6 N–H and O–H groups in total. The number of hydrogen-bond acceptors (Lipinski definition) is 7. The van der Waals surface area contributed by atoms with Crippen molar-refractivity contribution < 1.29 is 9.53 Å². The number of methoxy groups -OCH3 is 1. The molecule has 2 aliphatic heterocycles. The summed E-state index contributed by atoms with van der Waals surface area (Å²) < 4.78 is 5.28. The molecule has 3 rings (SSSR count). The topological polar surface area (TPSA) is 104 Å². The number of likely N-dealkylation sites (tertiary alicyclic amines) is 1.